The van der Waals surface area contributed by atoms with E-state index < -0.39 is 9.84 Å². The standard InChI is InChI=1S/C20H19IN2O4S2/c1-27-16-8-10-17(11-9-16)29(25,26)12-2-3-19(24)23-20-22-18(13-28-20)14-4-6-15(21)7-5-14/h4-11,13H,2-3,12H2,1H3,(H,22,23,24). The smallest absolute Gasteiger partial charge is 0.226 e. The number of methoxy groups -OCH3 is 1. The van der Waals surface area contributed by atoms with E-state index in [1.807, 2.05) is 29.6 Å². The number of halogens is 1. The molecular formula is C20H19IN2O4S2. The maximum Gasteiger partial charge on any atom is 0.226 e. The second kappa shape index (κ2) is 9.68. The molecule has 9 heteroatoms. The summed E-state index contributed by atoms with van der Waals surface area (Å²) in [7, 11) is -1.92. The number of amides is 1. The third-order valence-corrected chi connectivity index (χ3v) is 7.42. The number of hydrogen-bond donors (Lipinski definition) is 1. The molecule has 1 amide bonds. The van der Waals surface area contributed by atoms with E-state index in [0.29, 0.717) is 10.9 Å². The van der Waals surface area contributed by atoms with Crippen molar-refractivity contribution in [1.29, 1.82) is 0 Å². The van der Waals surface area contributed by atoms with Crippen LogP contribution in [-0.2, 0) is 14.6 Å². The van der Waals surface area contributed by atoms with Crippen molar-refractivity contribution in [2.45, 2.75) is 17.7 Å². The SMILES string of the molecule is COc1ccc(S(=O)(=O)CCCC(=O)Nc2nc(-c3ccc(I)cc3)cs2)cc1. The van der Waals surface area contributed by atoms with Crippen molar-refractivity contribution in [2.75, 3.05) is 18.2 Å². The zero-order valence-corrected chi connectivity index (χ0v) is 19.4. The number of nitrogens with zero attached hydrogens (tertiary/aromatic N) is 1. The van der Waals surface area contributed by atoms with Gasteiger partial charge in [-0.1, -0.05) is 12.1 Å². The Bertz CT molecular complexity index is 1080. The minimum absolute atomic E-state index is 0.0987. The Morgan fingerprint density at radius 2 is 1.83 bits per heavy atom. The van der Waals surface area contributed by atoms with Gasteiger partial charge in [0.05, 0.1) is 23.5 Å². The minimum Gasteiger partial charge on any atom is -0.497 e. The second-order valence-corrected chi connectivity index (χ2v) is 10.4. The lowest BCUT2D eigenvalue weighted by atomic mass is 10.2. The van der Waals surface area contributed by atoms with Crippen LogP contribution < -0.4 is 10.1 Å². The van der Waals surface area contributed by atoms with Crippen LogP contribution in [0.4, 0.5) is 5.13 Å². The predicted octanol–water partition coefficient (Wildman–Crippen LogP) is 4.62. The quantitative estimate of drug-likeness (QED) is 0.420. The van der Waals surface area contributed by atoms with Crippen LogP contribution in [-0.4, -0.2) is 32.2 Å². The van der Waals surface area contributed by atoms with E-state index in [1.165, 1.54) is 30.6 Å². The maximum atomic E-state index is 12.4. The summed E-state index contributed by atoms with van der Waals surface area (Å²) in [5, 5.41) is 5.12. The van der Waals surface area contributed by atoms with E-state index in [9.17, 15) is 13.2 Å². The molecule has 0 bridgehead atoms. The average molecular weight is 542 g/mol. The van der Waals surface area contributed by atoms with E-state index in [1.54, 1.807) is 12.1 Å². The summed E-state index contributed by atoms with van der Waals surface area (Å²) in [6.07, 6.45) is 0.337. The summed E-state index contributed by atoms with van der Waals surface area (Å²) in [4.78, 5) is 16.8. The molecule has 0 atom stereocenters. The molecular weight excluding hydrogens is 523 g/mol. The molecule has 0 unspecified atom stereocenters. The van der Waals surface area contributed by atoms with Gasteiger partial charge in [-0.05, 0) is 65.4 Å². The predicted molar refractivity (Wildman–Crippen MR) is 123 cm³/mol. The molecule has 0 aliphatic heterocycles. The fourth-order valence-corrected chi connectivity index (χ4v) is 5.00. The molecule has 0 radical (unpaired) electrons. The van der Waals surface area contributed by atoms with Crippen molar-refractivity contribution < 1.29 is 17.9 Å². The second-order valence-electron chi connectivity index (χ2n) is 6.19. The summed E-state index contributed by atoms with van der Waals surface area (Å²) in [5.74, 6) is 0.244. The summed E-state index contributed by atoms with van der Waals surface area (Å²) in [6.45, 7) is 0. The number of ether oxygens (including phenoxy) is 1. The average Bonchev–Trinajstić information content (AvgIpc) is 3.16. The number of benzene rings is 2. The number of aromatic nitrogens is 1. The number of carbonyl (C=O) groups is 1. The lowest BCUT2D eigenvalue weighted by Gasteiger charge is -2.06. The van der Waals surface area contributed by atoms with Crippen molar-refractivity contribution in [2.24, 2.45) is 0 Å². The molecule has 1 aromatic heterocycles. The Balaban J connectivity index is 1.51. The van der Waals surface area contributed by atoms with E-state index in [0.717, 1.165) is 14.8 Å². The van der Waals surface area contributed by atoms with Gasteiger partial charge in [0.25, 0.3) is 0 Å². The Labute approximate surface area is 187 Å². The monoisotopic (exact) mass is 542 g/mol. The molecule has 0 fully saturated rings. The van der Waals surface area contributed by atoms with Crippen LogP contribution in [0.1, 0.15) is 12.8 Å². The number of nitrogens with one attached hydrogen (secondary N) is 1. The fourth-order valence-electron chi connectivity index (χ4n) is 2.59. The largest absolute Gasteiger partial charge is 0.497 e. The third-order valence-electron chi connectivity index (χ3n) is 4.13. The molecule has 0 spiro atoms. The molecule has 29 heavy (non-hydrogen) atoms. The number of thiazole rings is 1. The van der Waals surface area contributed by atoms with Crippen LogP contribution >= 0.6 is 33.9 Å². The van der Waals surface area contributed by atoms with E-state index in [2.05, 4.69) is 32.9 Å². The van der Waals surface area contributed by atoms with E-state index in [4.69, 9.17) is 4.74 Å². The molecule has 2 aromatic carbocycles. The van der Waals surface area contributed by atoms with Gasteiger partial charge >= 0.3 is 0 Å². The highest BCUT2D eigenvalue weighted by Gasteiger charge is 2.16. The molecule has 0 aliphatic carbocycles. The topological polar surface area (TPSA) is 85.4 Å². The molecule has 0 aliphatic rings. The molecule has 3 aromatic rings. The molecule has 3 rings (SSSR count). The van der Waals surface area contributed by atoms with Gasteiger partial charge in [0.15, 0.2) is 15.0 Å². The van der Waals surface area contributed by atoms with Gasteiger partial charge in [-0.25, -0.2) is 13.4 Å². The first-order chi connectivity index (χ1) is 13.9. The van der Waals surface area contributed by atoms with Gasteiger partial charge in [0, 0.05) is 20.9 Å². The van der Waals surface area contributed by atoms with Crippen molar-refractivity contribution in [1.82, 2.24) is 4.98 Å². The van der Waals surface area contributed by atoms with Gasteiger partial charge in [-0.15, -0.1) is 11.3 Å². The molecule has 0 saturated heterocycles. The highest BCUT2D eigenvalue weighted by Crippen LogP contribution is 2.25. The Kier molecular flexibility index (Phi) is 7.25. The van der Waals surface area contributed by atoms with Gasteiger partial charge in [-0.3, -0.25) is 4.79 Å². The Morgan fingerprint density at radius 1 is 1.14 bits per heavy atom. The maximum absolute atomic E-state index is 12.4. The van der Waals surface area contributed by atoms with E-state index in [-0.39, 0.29) is 29.4 Å². The van der Waals surface area contributed by atoms with Gasteiger partial charge < -0.3 is 10.1 Å². The third kappa shape index (κ3) is 6.00. The minimum atomic E-state index is -3.44. The number of sulfone groups is 1. The first-order valence-corrected chi connectivity index (χ1v) is 12.4. The fraction of sp³-hybridized carbons (Fsp3) is 0.200. The van der Waals surface area contributed by atoms with Crippen LogP contribution in [0, 0.1) is 3.57 Å². The molecule has 152 valence electrons. The van der Waals surface area contributed by atoms with Crippen molar-refractivity contribution in [3.05, 3.63) is 57.5 Å². The van der Waals surface area contributed by atoms with E-state index >= 15 is 0 Å². The first kappa shape index (κ1) is 21.7. The Hall–Kier alpha value is -1.98. The molecule has 6 nitrogen and oxygen atoms in total. The van der Waals surface area contributed by atoms with Gasteiger partial charge in [0.1, 0.15) is 5.75 Å². The van der Waals surface area contributed by atoms with Crippen LogP contribution in [0.3, 0.4) is 0 Å². The highest BCUT2D eigenvalue weighted by atomic mass is 127. The Morgan fingerprint density at radius 3 is 2.48 bits per heavy atom. The summed E-state index contributed by atoms with van der Waals surface area (Å²) >= 11 is 3.58. The van der Waals surface area contributed by atoms with Gasteiger partial charge in [0.2, 0.25) is 5.91 Å². The zero-order valence-electron chi connectivity index (χ0n) is 15.6. The highest BCUT2D eigenvalue weighted by molar-refractivity contribution is 14.1. The zero-order chi connectivity index (χ0) is 20.9. The molecule has 1 N–H and O–H groups in total. The normalized spacial score (nSPS) is 11.2. The molecule has 0 saturated carbocycles. The molecule has 1 heterocycles. The van der Waals surface area contributed by atoms with Crippen LogP contribution in [0.15, 0.2) is 58.8 Å². The summed E-state index contributed by atoms with van der Waals surface area (Å²) < 4.78 is 30.9. The van der Waals surface area contributed by atoms with Crippen LogP contribution in [0.5, 0.6) is 5.75 Å². The number of rotatable bonds is 8. The summed E-state index contributed by atoms with van der Waals surface area (Å²) in [5.41, 5.74) is 1.77. The van der Waals surface area contributed by atoms with Crippen molar-refractivity contribution in [3.63, 3.8) is 0 Å². The summed E-state index contributed by atoms with van der Waals surface area (Å²) in [6, 6.07) is 14.2. The van der Waals surface area contributed by atoms with Crippen molar-refractivity contribution >= 4 is 54.8 Å². The lowest BCUT2D eigenvalue weighted by molar-refractivity contribution is -0.116. The lowest BCUT2D eigenvalue weighted by Crippen LogP contribution is -2.14. The van der Waals surface area contributed by atoms with Crippen LogP contribution in [0.25, 0.3) is 11.3 Å². The first-order valence-electron chi connectivity index (χ1n) is 8.75. The number of carbonyl (C=O) groups excluding carboxylic acids is 1. The van der Waals surface area contributed by atoms with Crippen LogP contribution in [0.2, 0.25) is 0 Å². The number of anilines is 1. The van der Waals surface area contributed by atoms with Crippen molar-refractivity contribution in [3.8, 4) is 17.0 Å². The van der Waals surface area contributed by atoms with Gasteiger partial charge in [-0.2, -0.15) is 0 Å². The number of hydrogen-bond acceptors (Lipinski definition) is 6.